The highest BCUT2D eigenvalue weighted by Crippen LogP contribution is 2.26. The first kappa shape index (κ1) is 21.0. The van der Waals surface area contributed by atoms with E-state index in [0.717, 1.165) is 11.3 Å². The molecule has 11 heteroatoms. The van der Waals surface area contributed by atoms with Gasteiger partial charge in [0.25, 0.3) is 5.91 Å². The Morgan fingerprint density at radius 3 is 2.74 bits per heavy atom. The van der Waals surface area contributed by atoms with E-state index in [1.54, 1.807) is 26.0 Å². The molecule has 2 N–H and O–H groups in total. The standard InChI is InChI=1S/C16H15BrN4O4S2/c1-9(2)8-27(24,25)16-21-20-15(26-16)19-14(23)11(7-18)5-10-3-4-13(22)12(17)6-10/h3-6,9,22H,8H2,1-2H3,(H,19,20,23)/b11-5-. The van der Waals surface area contributed by atoms with Gasteiger partial charge in [0.1, 0.15) is 17.4 Å². The molecule has 0 aliphatic heterocycles. The molecule has 2 rings (SSSR count). The number of hydrogen-bond acceptors (Lipinski definition) is 8. The minimum atomic E-state index is -3.57. The predicted molar refractivity (Wildman–Crippen MR) is 105 cm³/mol. The number of amides is 1. The fraction of sp³-hybridized carbons (Fsp3) is 0.250. The number of anilines is 1. The van der Waals surface area contributed by atoms with E-state index in [1.807, 2.05) is 0 Å². The Labute approximate surface area is 168 Å². The lowest BCUT2D eigenvalue weighted by Gasteiger charge is -2.02. The van der Waals surface area contributed by atoms with Crippen LogP contribution in [0, 0.1) is 17.2 Å². The van der Waals surface area contributed by atoms with Crippen molar-refractivity contribution in [3.8, 4) is 11.8 Å². The van der Waals surface area contributed by atoms with Crippen molar-refractivity contribution in [1.29, 1.82) is 5.26 Å². The van der Waals surface area contributed by atoms with Crippen molar-refractivity contribution < 1.29 is 18.3 Å². The third-order valence-corrected chi connectivity index (χ3v) is 7.09. The van der Waals surface area contributed by atoms with Crippen molar-refractivity contribution in [2.24, 2.45) is 5.92 Å². The molecule has 8 nitrogen and oxygen atoms in total. The zero-order chi connectivity index (χ0) is 20.2. The molecule has 0 saturated carbocycles. The van der Waals surface area contributed by atoms with Crippen LogP contribution in [0.1, 0.15) is 19.4 Å². The zero-order valence-electron chi connectivity index (χ0n) is 14.3. The zero-order valence-corrected chi connectivity index (χ0v) is 17.5. The fourth-order valence-corrected chi connectivity index (χ4v) is 4.99. The number of nitrogens with zero attached hydrogens (tertiary/aromatic N) is 3. The summed E-state index contributed by atoms with van der Waals surface area (Å²) in [4.78, 5) is 12.3. The molecular formula is C16H15BrN4O4S2. The van der Waals surface area contributed by atoms with Gasteiger partial charge in [-0.15, -0.1) is 10.2 Å². The number of carbonyl (C=O) groups is 1. The topological polar surface area (TPSA) is 133 Å². The molecule has 0 saturated heterocycles. The third-order valence-electron chi connectivity index (χ3n) is 3.09. The lowest BCUT2D eigenvalue weighted by molar-refractivity contribution is -0.112. The normalized spacial score (nSPS) is 12.0. The molecule has 0 radical (unpaired) electrons. The van der Waals surface area contributed by atoms with E-state index in [4.69, 9.17) is 0 Å². The molecule has 1 aromatic heterocycles. The number of aromatic nitrogens is 2. The first-order chi connectivity index (χ1) is 12.6. The smallest absolute Gasteiger partial charge is 0.268 e. The molecule has 0 aliphatic rings. The molecule has 0 aliphatic carbocycles. The van der Waals surface area contributed by atoms with Gasteiger partial charge in [0.15, 0.2) is 0 Å². The average molecular weight is 471 g/mol. The van der Waals surface area contributed by atoms with Crippen LogP contribution in [0.25, 0.3) is 6.08 Å². The van der Waals surface area contributed by atoms with Crippen LogP contribution in [-0.4, -0.2) is 35.4 Å². The number of sulfone groups is 1. The maximum Gasteiger partial charge on any atom is 0.268 e. The van der Waals surface area contributed by atoms with Gasteiger partial charge in [-0.2, -0.15) is 5.26 Å². The van der Waals surface area contributed by atoms with Crippen LogP contribution in [0.5, 0.6) is 5.75 Å². The van der Waals surface area contributed by atoms with Crippen LogP contribution >= 0.6 is 27.3 Å². The predicted octanol–water partition coefficient (Wildman–Crippen LogP) is 2.98. The summed E-state index contributed by atoms with van der Waals surface area (Å²) >= 11 is 3.88. The second-order valence-corrected chi connectivity index (χ2v) is 9.92. The lowest BCUT2D eigenvalue weighted by atomic mass is 10.1. The highest BCUT2D eigenvalue weighted by atomic mass is 79.9. The molecular weight excluding hydrogens is 456 g/mol. The number of nitrogens with one attached hydrogen (secondary N) is 1. The number of aromatic hydroxyl groups is 1. The van der Waals surface area contributed by atoms with E-state index in [-0.39, 0.29) is 32.5 Å². The molecule has 2 aromatic rings. The summed E-state index contributed by atoms with van der Waals surface area (Å²) in [6.07, 6.45) is 1.33. The highest BCUT2D eigenvalue weighted by Gasteiger charge is 2.22. The van der Waals surface area contributed by atoms with Crippen molar-refractivity contribution in [2.45, 2.75) is 18.2 Å². The molecule has 142 valence electrons. The first-order valence-corrected chi connectivity index (χ1v) is 10.9. The van der Waals surface area contributed by atoms with Crippen LogP contribution in [0.2, 0.25) is 0 Å². The second-order valence-electron chi connectivity index (χ2n) is 5.88. The number of benzene rings is 1. The number of carbonyl (C=O) groups excluding carboxylic acids is 1. The molecule has 0 spiro atoms. The molecule has 0 bridgehead atoms. The van der Waals surface area contributed by atoms with E-state index in [2.05, 4.69) is 31.4 Å². The van der Waals surface area contributed by atoms with Crippen LogP contribution < -0.4 is 5.32 Å². The van der Waals surface area contributed by atoms with Crippen LogP contribution in [0.4, 0.5) is 5.13 Å². The van der Waals surface area contributed by atoms with Gasteiger partial charge in [-0.3, -0.25) is 10.1 Å². The average Bonchev–Trinajstić information content (AvgIpc) is 3.04. The largest absolute Gasteiger partial charge is 0.507 e. The quantitative estimate of drug-likeness (QED) is 0.376. The van der Waals surface area contributed by atoms with Gasteiger partial charge in [-0.25, -0.2) is 8.42 Å². The van der Waals surface area contributed by atoms with Crippen molar-refractivity contribution in [2.75, 3.05) is 11.1 Å². The van der Waals surface area contributed by atoms with Gasteiger partial charge < -0.3 is 5.11 Å². The van der Waals surface area contributed by atoms with E-state index < -0.39 is 15.7 Å². The molecule has 27 heavy (non-hydrogen) atoms. The molecule has 0 atom stereocenters. The van der Waals surface area contributed by atoms with Crippen LogP contribution in [-0.2, 0) is 14.6 Å². The van der Waals surface area contributed by atoms with Gasteiger partial charge in [0.05, 0.1) is 10.2 Å². The second kappa shape index (κ2) is 8.60. The van der Waals surface area contributed by atoms with Gasteiger partial charge in [0, 0.05) is 0 Å². The van der Waals surface area contributed by atoms with Gasteiger partial charge in [-0.05, 0) is 45.6 Å². The van der Waals surface area contributed by atoms with Crippen LogP contribution in [0.15, 0.2) is 32.6 Å². The van der Waals surface area contributed by atoms with E-state index >= 15 is 0 Å². The number of hydrogen-bond donors (Lipinski definition) is 2. The summed E-state index contributed by atoms with van der Waals surface area (Å²) in [6, 6.07) is 6.27. The Kier molecular flexibility index (Phi) is 6.69. The Morgan fingerprint density at radius 1 is 1.44 bits per heavy atom. The van der Waals surface area contributed by atoms with Gasteiger partial charge >= 0.3 is 0 Å². The summed E-state index contributed by atoms with van der Waals surface area (Å²) in [5.41, 5.74) is 0.304. The molecule has 0 unspecified atom stereocenters. The van der Waals surface area contributed by atoms with Gasteiger partial charge in [0.2, 0.25) is 19.3 Å². The van der Waals surface area contributed by atoms with E-state index in [0.29, 0.717) is 10.0 Å². The highest BCUT2D eigenvalue weighted by molar-refractivity contribution is 9.10. The lowest BCUT2D eigenvalue weighted by Crippen LogP contribution is -2.13. The molecule has 0 fully saturated rings. The summed E-state index contributed by atoms with van der Waals surface area (Å²) in [6.45, 7) is 3.54. The molecule has 1 heterocycles. The molecule has 1 amide bonds. The monoisotopic (exact) mass is 470 g/mol. The molecule has 1 aromatic carbocycles. The van der Waals surface area contributed by atoms with Crippen molar-refractivity contribution >= 4 is 54.2 Å². The Balaban J connectivity index is 2.19. The number of phenolic OH excluding ortho intramolecular Hbond substituents is 1. The maximum atomic E-state index is 12.3. The van der Waals surface area contributed by atoms with E-state index in [1.165, 1.54) is 18.2 Å². The summed E-state index contributed by atoms with van der Waals surface area (Å²) in [5.74, 6) is -0.867. The SMILES string of the molecule is CC(C)CS(=O)(=O)c1nnc(NC(=O)/C(C#N)=C\c2ccc(O)c(Br)c2)s1. The summed E-state index contributed by atoms with van der Waals surface area (Å²) < 4.78 is 24.5. The van der Waals surface area contributed by atoms with E-state index in [9.17, 15) is 23.6 Å². The number of nitriles is 1. The summed E-state index contributed by atoms with van der Waals surface area (Å²) in [5, 5.41) is 28.3. The van der Waals surface area contributed by atoms with Crippen molar-refractivity contribution in [3.63, 3.8) is 0 Å². The number of phenols is 1. The van der Waals surface area contributed by atoms with Crippen LogP contribution in [0.3, 0.4) is 0 Å². The Morgan fingerprint density at radius 2 is 2.15 bits per heavy atom. The number of halogens is 1. The minimum Gasteiger partial charge on any atom is -0.507 e. The van der Waals surface area contributed by atoms with Crippen molar-refractivity contribution in [1.82, 2.24) is 10.2 Å². The van der Waals surface area contributed by atoms with Crippen molar-refractivity contribution in [3.05, 3.63) is 33.8 Å². The first-order valence-electron chi connectivity index (χ1n) is 7.60. The Hall–Kier alpha value is -2.29. The minimum absolute atomic E-state index is 0.0182. The van der Waals surface area contributed by atoms with Gasteiger partial charge in [-0.1, -0.05) is 31.3 Å². The fourth-order valence-electron chi connectivity index (χ4n) is 1.99. The third kappa shape index (κ3) is 5.59. The maximum absolute atomic E-state index is 12.3. The summed E-state index contributed by atoms with van der Waals surface area (Å²) in [7, 11) is -3.57. The number of rotatable bonds is 6. The Bertz CT molecular complexity index is 1040.